The molecular formula is C37H57N3O12. The van der Waals surface area contributed by atoms with Crippen molar-refractivity contribution in [2.75, 3.05) is 98.9 Å². The first-order valence-corrected chi connectivity index (χ1v) is 17.5. The Labute approximate surface area is 308 Å². The number of ether oxygens (including phenoxy) is 6. The van der Waals surface area contributed by atoms with Crippen LogP contribution in [-0.4, -0.2) is 133 Å². The third kappa shape index (κ3) is 30.8. The molecule has 0 aliphatic heterocycles. The number of terminal acetylenes is 3. The van der Waals surface area contributed by atoms with Gasteiger partial charge in [0.2, 0.25) is 17.7 Å². The first kappa shape index (κ1) is 48.0. The molecule has 0 fully saturated rings. The summed E-state index contributed by atoms with van der Waals surface area (Å²) in [5.41, 5.74) is -0.896. The summed E-state index contributed by atoms with van der Waals surface area (Å²) in [6, 6.07) is 0. The number of amides is 3. The maximum atomic E-state index is 13.2. The van der Waals surface area contributed by atoms with Crippen LogP contribution in [0.5, 0.6) is 0 Å². The standard InChI is InChI=1S/C37H57N3O12/c1-4-19-47-25-28-50-22-16-38-33(42)10-13-37(31-32(41)8-7-9-36(45)46,14-11-34(43)39-17-23-51-29-26-48-20-5-2)15-12-35(44)40-18-24-52-30-27-49-21-6-3/h1-3H,7-31H2,(H,38,42)(H,39,43)(H,40,44)(H,45,46). The molecule has 0 spiro atoms. The highest BCUT2D eigenvalue weighted by molar-refractivity contribution is 5.81. The SMILES string of the molecule is C#CCOCCOCCNC(=O)CCC(CCC(=O)NCCOCCOCC#C)(CCC(=O)NCCOCCOCC#C)CC(=O)CCCC(=O)O. The number of ketones is 1. The van der Waals surface area contributed by atoms with Crippen molar-refractivity contribution in [1.29, 1.82) is 0 Å². The Bertz CT molecular complexity index is 1030. The Hall–Kier alpha value is -4.01. The van der Waals surface area contributed by atoms with Crippen LogP contribution in [0, 0.1) is 42.4 Å². The molecule has 0 radical (unpaired) electrons. The Morgan fingerprint density at radius 2 is 0.846 bits per heavy atom. The molecule has 0 aromatic carbocycles. The fourth-order valence-corrected chi connectivity index (χ4v) is 4.83. The van der Waals surface area contributed by atoms with Crippen molar-refractivity contribution < 1.29 is 57.5 Å². The van der Waals surface area contributed by atoms with E-state index in [0.717, 1.165) is 0 Å². The molecule has 0 atom stereocenters. The lowest BCUT2D eigenvalue weighted by Gasteiger charge is -2.33. The summed E-state index contributed by atoms with van der Waals surface area (Å²) in [6.07, 6.45) is 16.1. The van der Waals surface area contributed by atoms with Gasteiger partial charge >= 0.3 is 5.97 Å². The van der Waals surface area contributed by atoms with Gasteiger partial charge in [-0.05, 0) is 31.1 Å². The van der Waals surface area contributed by atoms with E-state index in [1.165, 1.54) is 0 Å². The Balaban J connectivity index is 5.43. The Kier molecular flexibility index (Phi) is 31.5. The number of hydrogen-bond donors (Lipinski definition) is 4. The predicted molar refractivity (Wildman–Crippen MR) is 192 cm³/mol. The van der Waals surface area contributed by atoms with Gasteiger partial charge in [0, 0.05) is 58.2 Å². The summed E-state index contributed by atoms with van der Waals surface area (Å²) in [7, 11) is 0. The zero-order chi connectivity index (χ0) is 38.5. The molecule has 4 N–H and O–H groups in total. The van der Waals surface area contributed by atoms with Gasteiger partial charge in [0.25, 0.3) is 0 Å². The van der Waals surface area contributed by atoms with E-state index in [1.807, 2.05) is 0 Å². The highest BCUT2D eigenvalue weighted by Crippen LogP contribution is 2.39. The molecule has 3 amide bonds. The number of Topliss-reactive ketones (excluding diaryl/α,β-unsaturated/α-hetero) is 1. The number of carboxylic acid groups (broad SMARTS) is 1. The van der Waals surface area contributed by atoms with Gasteiger partial charge in [0.1, 0.15) is 25.6 Å². The minimum absolute atomic E-state index is 0.0197. The van der Waals surface area contributed by atoms with Crippen LogP contribution >= 0.6 is 0 Å². The summed E-state index contributed by atoms with van der Waals surface area (Å²) in [5.74, 6) is 5.01. The number of carbonyl (C=O) groups excluding carboxylic acids is 4. The Morgan fingerprint density at radius 1 is 0.500 bits per heavy atom. The molecule has 52 heavy (non-hydrogen) atoms. The number of carboxylic acids is 1. The van der Waals surface area contributed by atoms with Gasteiger partial charge in [-0.2, -0.15) is 0 Å². The minimum Gasteiger partial charge on any atom is -0.481 e. The first-order chi connectivity index (χ1) is 25.2. The van der Waals surface area contributed by atoms with Gasteiger partial charge in [-0.15, -0.1) is 19.3 Å². The average Bonchev–Trinajstić information content (AvgIpc) is 3.12. The second kappa shape index (κ2) is 34.1. The number of rotatable bonds is 36. The quantitative estimate of drug-likeness (QED) is 0.0525. The van der Waals surface area contributed by atoms with Crippen LogP contribution in [0.1, 0.15) is 64.2 Å². The molecule has 15 nitrogen and oxygen atoms in total. The molecule has 0 unspecified atom stereocenters. The third-order valence-corrected chi connectivity index (χ3v) is 7.44. The zero-order valence-corrected chi connectivity index (χ0v) is 30.3. The predicted octanol–water partition coefficient (Wildman–Crippen LogP) is 0.875. The lowest BCUT2D eigenvalue weighted by atomic mass is 9.71. The van der Waals surface area contributed by atoms with Crippen molar-refractivity contribution in [2.45, 2.75) is 64.2 Å². The maximum Gasteiger partial charge on any atom is 0.303 e. The molecule has 0 aliphatic carbocycles. The second-order valence-corrected chi connectivity index (χ2v) is 11.6. The third-order valence-electron chi connectivity index (χ3n) is 7.44. The number of hydrogen-bond acceptors (Lipinski definition) is 11. The van der Waals surface area contributed by atoms with E-state index < -0.39 is 11.4 Å². The number of nitrogens with one attached hydrogen (secondary N) is 3. The summed E-state index contributed by atoms with van der Waals surface area (Å²) in [5, 5.41) is 17.4. The van der Waals surface area contributed by atoms with E-state index in [2.05, 4.69) is 33.7 Å². The summed E-state index contributed by atoms with van der Waals surface area (Å²) >= 11 is 0. The maximum absolute atomic E-state index is 13.2. The smallest absolute Gasteiger partial charge is 0.303 e. The summed E-state index contributed by atoms with van der Waals surface area (Å²) < 4.78 is 31.7. The van der Waals surface area contributed by atoms with Gasteiger partial charge in [-0.3, -0.25) is 24.0 Å². The van der Waals surface area contributed by atoms with Gasteiger partial charge < -0.3 is 49.5 Å². The summed E-state index contributed by atoms with van der Waals surface area (Å²) in [6.45, 7) is 3.97. The molecule has 0 rings (SSSR count). The van der Waals surface area contributed by atoms with E-state index in [-0.39, 0.29) is 147 Å². The Morgan fingerprint density at radius 3 is 1.17 bits per heavy atom. The fourth-order valence-electron chi connectivity index (χ4n) is 4.83. The molecule has 0 saturated carbocycles. The van der Waals surface area contributed by atoms with Crippen LogP contribution in [0.2, 0.25) is 0 Å². The number of carbonyl (C=O) groups is 5. The van der Waals surface area contributed by atoms with Crippen molar-refractivity contribution in [3.05, 3.63) is 0 Å². The monoisotopic (exact) mass is 735 g/mol. The van der Waals surface area contributed by atoms with Crippen LogP contribution in [0.3, 0.4) is 0 Å². The van der Waals surface area contributed by atoms with Crippen LogP contribution in [0.15, 0.2) is 0 Å². The zero-order valence-electron chi connectivity index (χ0n) is 30.3. The van der Waals surface area contributed by atoms with Crippen molar-refractivity contribution in [3.63, 3.8) is 0 Å². The van der Waals surface area contributed by atoms with Gasteiger partial charge in [-0.1, -0.05) is 17.8 Å². The van der Waals surface area contributed by atoms with Gasteiger partial charge in [0.05, 0.1) is 59.5 Å². The summed E-state index contributed by atoms with van der Waals surface area (Å²) in [4.78, 5) is 62.8. The van der Waals surface area contributed by atoms with Crippen molar-refractivity contribution in [3.8, 4) is 37.0 Å². The van der Waals surface area contributed by atoms with Crippen LogP contribution in [0.4, 0.5) is 0 Å². The van der Waals surface area contributed by atoms with Crippen LogP contribution < -0.4 is 16.0 Å². The van der Waals surface area contributed by atoms with Crippen molar-refractivity contribution in [1.82, 2.24) is 16.0 Å². The van der Waals surface area contributed by atoms with Crippen LogP contribution in [0.25, 0.3) is 0 Å². The van der Waals surface area contributed by atoms with Crippen molar-refractivity contribution >= 4 is 29.5 Å². The molecule has 0 aromatic heterocycles. The molecule has 15 heteroatoms. The molecule has 0 bridgehead atoms. The first-order valence-electron chi connectivity index (χ1n) is 17.5. The molecule has 0 saturated heterocycles. The largest absolute Gasteiger partial charge is 0.481 e. The second-order valence-electron chi connectivity index (χ2n) is 11.6. The van der Waals surface area contributed by atoms with Crippen LogP contribution in [-0.2, 0) is 52.4 Å². The van der Waals surface area contributed by atoms with Gasteiger partial charge in [0.15, 0.2) is 0 Å². The molecule has 0 aliphatic rings. The lowest BCUT2D eigenvalue weighted by Crippen LogP contribution is -2.35. The van der Waals surface area contributed by atoms with E-state index in [9.17, 15) is 24.0 Å². The topological polar surface area (TPSA) is 197 Å². The molecule has 292 valence electrons. The molecular weight excluding hydrogens is 678 g/mol. The van der Waals surface area contributed by atoms with E-state index in [0.29, 0.717) is 39.6 Å². The van der Waals surface area contributed by atoms with E-state index >= 15 is 0 Å². The minimum atomic E-state index is -1.01. The van der Waals surface area contributed by atoms with E-state index in [4.69, 9.17) is 52.8 Å². The highest BCUT2D eigenvalue weighted by Gasteiger charge is 2.34. The van der Waals surface area contributed by atoms with E-state index in [1.54, 1.807) is 0 Å². The average molecular weight is 736 g/mol. The van der Waals surface area contributed by atoms with Crippen molar-refractivity contribution in [2.24, 2.45) is 5.41 Å². The van der Waals surface area contributed by atoms with Gasteiger partial charge in [-0.25, -0.2) is 0 Å². The normalized spacial score (nSPS) is 10.8. The highest BCUT2D eigenvalue weighted by atomic mass is 16.5. The fraction of sp³-hybridized carbons (Fsp3) is 0.703. The molecule has 0 aromatic rings. The number of aliphatic carboxylic acids is 1. The lowest BCUT2D eigenvalue weighted by molar-refractivity contribution is -0.137. The molecule has 0 heterocycles.